The van der Waals surface area contributed by atoms with E-state index in [1.54, 1.807) is 13.0 Å². The quantitative estimate of drug-likeness (QED) is 0.795. The molecule has 2 aromatic rings. The van der Waals surface area contributed by atoms with Crippen LogP contribution >= 0.6 is 0 Å². The first-order valence-electron chi connectivity index (χ1n) is 6.12. The largest absolute Gasteiger partial charge is 0.416 e. The van der Waals surface area contributed by atoms with Crippen molar-refractivity contribution in [3.05, 3.63) is 64.7 Å². The topological polar surface area (TPSA) is 12.0 Å². The molecule has 0 amide bonds. The Morgan fingerprint density at radius 1 is 1.00 bits per heavy atom. The number of hydrogen-bond acceptors (Lipinski definition) is 1. The van der Waals surface area contributed by atoms with Crippen LogP contribution in [0.4, 0.5) is 27.6 Å². The summed E-state index contributed by atoms with van der Waals surface area (Å²) in [6, 6.07) is 6.69. The molecule has 21 heavy (non-hydrogen) atoms. The van der Waals surface area contributed by atoms with Gasteiger partial charge < -0.3 is 5.32 Å². The van der Waals surface area contributed by atoms with Crippen molar-refractivity contribution in [2.75, 3.05) is 5.32 Å². The molecule has 0 radical (unpaired) electrons. The molecule has 1 nitrogen and oxygen atoms in total. The van der Waals surface area contributed by atoms with E-state index in [0.717, 1.165) is 17.7 Å². The van der Waals surface area contributed by atoms with Gasteiger partial charge in [0, 0.05) is 6.54 Å². The average molecular weight is 301 g/mol. The van der Waals surface area contributed by atoms with Crippen molar-refractivity contribution in [3.8, 4) is 0 Å². The lowest BCUT2D eigenvalue weighted by atomic mass is 10.1. The monoisotopic (exact) mass is 301 g/mol. The fourth-order valence-electron chi connectivity index (χ4n) is 1.88. The van der Waals surface area contributed by atoms with E-state index < -0.39 is 23.4 Å². The molecular weight excluding hydrogens is 289 g/mol. The number of aryl methyl sites for hydroxylation is 1. The van der Waals surface area contributed by atoms with Crippen LogP contribution in [0.15, 0.2) is 36.4 Å². The molecule has 1 N–H and O–H groups in total. The zero-order chi connectivity index (χ0) is 15.6. The second kappa shape index (κ2) is 5.71. The maximum Gasteiger partial charge on any atom is 0.416 e. The van der Waals surface area contributed by atoms with Gasteiger partial charge in [0.05, 0.1) is 11.3 Å². The molecule has 0 bridgehead atoms. The third-order valence-corrected chi connectivity index (χ3v) is 2.89. The van der Waals surface area contributed by atoms with Crippen LogP contribution in [-0.4, -0.2) is 0 Å². The Balaban J connectivity index is 2.18. The van der Waals surface area contributed by atoms with Crippen molar-refractivity contribution in [2.24, 2.45) is 0 Å². The first-order valence-corrected chi connectivity index (χ1v) is 6.12. The van der Waals surface area contributed by atoms with E-state index in [-0.39, 0.29) is 17.8 Å². The molecule has 0 saturated heterocycles. The second-order valence-corrected chi connectivity index (χ2v) is 4.68. The summed E-state index contributed by atoms with van der Waals surface area (Å²) in [6.07, 6.45) is -4.62. The fourth-order valence-corrected chi connectivity index (χ4v) is 1.88. The SMILES string of the molecule is Cc1ccc(NCc2cc(F)cc(C(F)(F)F)c2)c(F)c1. The smallest absolute Gasteiger partial charge is 0.379 e. The van der Waals surface area contributed by atoms with Crippen LogP contribution in [0.1, 0.15) is 16.7 Å². The van der Waals surface area contributed by atoms with Gasteiger partial charge >= 0.3 is 6.18 Å². The minimum absolute atomic E-state index is 0.0855. The van der Waals surface area contributed by atoms with E-state index in [0.29, 0.717) is 6.07 Å². The van der Waals surface area contributed by atoms with E-state index in [9.17, 15) is 22.0 Å². The van der Waals surface area contributed by atoms with Crippen LogP contribution in [0.2, 0.25) is 0 Å². The number of nitrogens with one attached hydrogen (secondary N) is 1. The maximum absolute atomic E-state index is 13.6. The van der Waals surface area contributed by atoms with Crippen molar-refractivity contribution in [1.82, 2.24) is 0 Å². The summed E-state index contributed by atoms with van der Waals surface area (Å²) in [5.74, 6) is -1.49. The van der Waals surface area contributed by atoms with Crippen molar-refractivity contribution in [3.63, 3.8) is 0 Å². The highest BCUT2D eigenvalue weighted by Crippen LogP contribution is 2.30. The van der Waals surface area contributed by atoms with Crippen molar-refractivity contribution < 1.29 is 22.0 Å². The summed E-state index contributed by atoms with van der Waals surface area (Å²) < 4.78 is 64.5. The van der Waals surface area contributed by atoms with Crippen molar-refractivity contribution in [1.29, 1.82) is 0 Å². The number of rotatable bonds is 3. The lowest BCUT2D eigenvalue weighted by molar-refractivity contribution is -0.137. The van der Waals surface area contributed by atoms with Gasteiger partial charge in [-0.25, -0.2) is 8.78 Å². The standard InChI is InChI=1S/C15H12F5N/c1-9-2-3-14(13(17)4-9)21-8-10-5-11(15(18,19)20)7-12(16)6-10/h2-7,21H,8H2,1H3. The molecule has 2 rings (SSSR count). The third kappa shape index (κ3) is 3.93. The Labute approximate surface area is 118 Å². The van der Waals surface area contributed by atoms with Crippen LogP contribution < -0.4 is 5.32 Å². The van der Waals surface area contributed by atoms with Gasteiger partial charge in [0.1, 0.15) is 11.6 Å². The molecule has 0 heterocycles. The fraction of sp³-hybridized carbons (Fsp3) is 0.200. The van der Waals surface area contributed by atoms with E-state index in [4.69, 9.17) is 0 Å². The van der Waals surface area contributed by atoms with Gasteiger partial charge in [-0.05, 0) is 48.4 Å². The Bertz CT molecular complexity index is 649. The minimum atomic E-state index is -4.62. The highest BCUT2D eigenvalue weighted by Gasteiger charge is 2.31. The van der Waals surface area contributed by atoms with Crippen LogP contribution in [0.3, 0.4) is 0 Å². The maximum atomic E-state index is 13.6. The third-order valence-electron chi connectivity index (χ3n) is 2.89. The molecule has 0 saturated carbocycles. The zero-order valence-electron chi connectivity index (χ0n) is 11.1. The van der Waals surface area contributed by atoms with Gasteiger partial charge in [-0.15, -0.1) is 0 Å². The highest BCUT2D eigenvalue weighted by atomic mass is 19.4. The van der Waals surface area contributed by atoms with E-state index in [1.165, 1.54) is 12.1 Å². The van der Waals surface area contributed by atoms with Crippen LogP contribution in [0.25, 0.3) is 0 Å². The first-order chi connectivity index (χ1) is 9.75. The number of alkyl halides is 3. The van der Waals surface area contributed by atoms with Gasteiger partial charge in [-0.3, -0.25) is 0 Å². The summed E-state index contributed by atoms with van der Waals surface area (Å²) >= 11 is 0. The van der Waals surface area contributed by atoms with Gasteiger partial charge in [-0.1, -0.05) is 6.07 Å². The molecular formula is C15H12F5N. The molecule has 112 valence electrons. The second-order valence-electron chi connectivity index (χ2n) is 4.68. The highest BCUT2D eigenvalue weighted by molar-refractivity contribution is 5.46. The molecule has 0 atom stereocenters. The molecule has 0 aromatic heterocycles. The summed E-state index contributed by atoms with van der Waals surface area (Å²) in [7, 11) is 0. The molecule has 0 fully saturated rings. The van der Waals surface area contributed by atoms with E-state index in [2.05, 4.69) is 5.32 Å². The van der Waals surface area contributed by atoms with Gasteiger partial charge in [0.25, 0.3) is 0 Å². The molecule has 0 unspecified atom stereocenters. The molecule has 0 spiro atoms. The summed E-state index contributed by atoms with van der Waals surface area (Å²) in [5, 5.41) is 2.65. The summed E-state index contributed by atoms with van der Waals surface area (Å²) in [6.45, 7) is 1.61. The number of hydrogen-bond donors (Lipinski definition) is 1. The molecule has 6 heteroatoms. The van der Waals surface area contributed by atoms with Gasteiger partial charge in [0.15, 0.2) is 0 Å². The predicted molar refractivity (Wildman–Crippen MR) is 69.9 cm³/mol. The van der Waals surface area contributed by atoms with Crippen LogP contribution in [-0.2, 0) is 12.7 Å². The molecule has 0 aliphatic carbocycles. The Kier molecular flexibility index (Phi) is 4.16. The molecule has 0 aliphatic rings. The first kappa shape index (κ1) is 15.3. The normalized spacial score (nSPS) is 11.5. The number of anilines is 1. The summed E-state index contributed by atoms with van der Waals surface area (Å²) in [4.78, 5) is 0. The number of benzene rings is 2. The average Bonchev–Trinajstić information content (AvgIpc) is 2.36. The molecule has 2 aromatic carbocycles. The number of halogens is 5. The van der Waals surface area contributed by atoms with Crippen LogP contribution in [0, 0.1) is 18.6 Å². The van der Waals surface area contributed by atoms with Crippen molar-refractivity contribution >= 4 is 5.69 Å². The lowest BCUT2D eigenvalue weighted by Gasteiger charge is -2.11. The Hall–Kier alpha value is -2.11. The van der Waals surface area contributed by atoms with Gasteiger partial charge in [-0.2, -0.15) is 13.2 Å². The Morgan fingerprint density at radius 3 is 2.33 bits per heavy atom. The Morgan fingerprint density at radius 2 is 1.71 bits per heavy atom. The predicted octanol–water partition coefficient (Wildman–Crippen LogP) is 4.90. The van der Waals surface area contributed by atoms with Gasteiger partial charge in [0.2, 0.25) is 0 Å². The zero-order valence-corrected chi connectivity index (χ0v) is 11.1. The van der Waals surface area contributed by atoms with Crippen molar-refractivity contribution in [2.45, 2.75) is 19.6 Å². The molecule has 0 aliphatic heterocycles. The summed E-state index contributed by atoms with van der Waals surface area (Å²) in [5.41, 5.74) is -0.104. The van der Waals surface area contributed by atoms with Crippen LogP contribution in [0.5, 0.6) is 0 Å². The minimum Gasteiger partial charge on any atom is -0.379 e. The van der Waals surface area contributed by atoms with E-state index in [1.807, 2.05) is 0 Å². The van der Waals surface area contributed by atoms with E-state index >= 15 is 0 Å². The lowest BCUT2D eigenvalue weighted by Crippen LogP contribution is -2.08.